The lowest BCUT2D eigenvalue weighted by molar-refractivity contribution is -0.124. The summed E-state index contributed by atoms with van der Waals surface area (Å²) in [6.45, 7) is 1.19. The van der Waals surface area contributed by atoms with Gasteiger partial charge in [-0.3, -0.25) is 4.79 Å². The molecule has 2 heterocycles. The first-order valence-corrected chi connectivity index (χ1v) is 15.8. The number of carbonyl (C=O) groups is 2. The highest BCUT2D eigenvalue weighted by molar-refractivity contribution is 7.98. The number of hydrogen-bond donors (Lipinski definition) is 2. The number of fused-ring (bicyclic) bond motifs is 1. The van der Waals surface area contributed by atoms with Crippen LogP contribution in [0.25, 0.3) is 10.2 Å². The van der Waals surface area contributed by atoms with Crippen molar-refractivity contribution in [3.8, 4) is 11.5 Å². The fraction of sp³-hybridized carbons (Fsp3) is 0.393. The highest BCUT2D eigenvalue weighted by Crippen LogP contribution is 2.28. The number of benzene rings is 2. The number of nitrogens with one attached hydrogen (secondary N) is 1. The van der Waals surface area contributed by atoms with Gasteiger partial charge in [-0.15, -0.1) is 29.1 Å². The summed E-state index contributed by atoms with van der Waals surface area (Å²) in [6.07, 6.45) is 2.36. The van der Waals surface area contributed by atoms with E-state index >= 15 is 0 Å². The Balaban J connectivity index is 1.13. The van der Waals surface area contributed by atoms with Gasteiger partial charge in [0.2, 0.25) is 5.91 Å². The van der Waals surface area contributed by atoms with Crippen molar-refractivity contribution in [3.63, 3.8) is 0 Å². The lowest BCUT2D eigenvalue weighted by atomic mass is 10.2. The number of thiol groups is 1. The number of carbonyl (C=O) groups excluding carboxylic acids is 2. The quantitative estimate of drug-likeness (QED) is 0.0831. The first-order chi connectivity index (χ1) is 21.0. The highest BCUT2D eigenvalue weighted by atomic mass is 32.2. The molecule has 2 aromatic heterocycles. The van der Waals surface area contributed by atoms with Crippen LogP contribution in [0.5, 0.6) is 11.5 Å². The Hall–Kier alpha value is -3.24. The second-order valence-corrected chi connectivity index (χ2v) is 11.8. The van der Waals surface area contributed by atoms with Crippen LogP contribution in [0.1, 0.15) is 11.3 Å². The number of alkyl halides is 1. The van der Waals surface area contributed by atoms with Crippen LogP contribution in [-0.2, 0) is 38.0 Å². The second-order valence-electron chi connectivity index (χ2n) is 9.06. The van der Waals surface area contributed by atoms with E-state index < -0.39 is 12.7 Å². The average Bonchev–Trinajstić information content (AvgIpc) is 3.61. The Labute approximate surface area is 261 Å². The van der Waals surface area contributed by atoms with Crippen molar-refractivity contribution in [1.29, 1.82) is 0 Å². The molecule has 0 aliphatic rings. The Morgan fingerprint density at radius 1 is 1.09 bits per heavy atom. The minimum atomic E-state index is -0.645. The van der Waals surface area contributed by atoms with Gasteiger partial charge in [0.1, 0.15) is 54.3 Å². The van der Waals surface area contributed by atoms with Crippen LogP contribution in [0, 0.1) is 0 Å². The monoisotopic (exact) mass is 649 g/mol. The highest BCUT2D eigenvalue weighted by Gasteiger charge is 2.14. The van der Waals surface area contributed by atoms with Gasteiger partial charge in [-0.25, -0.2) is 14.1 Å². The van der Waals surface area contributed by atoms with Crippen LogP contribution in [0.4, 0.5) is 4.39 Å². The van der Waals surface area contributed by atoms with Crippen molar-refractivity contribution >= 4 is 58.1 Å². The Bertz CT molecular complexity index is 1460. The molecule has 0 unspecified atom stereocenters. The van der Waals surface area contributed by atoms with Crippen LogP contribution < -0.4 is 14.8 Å². The molecule has 1 atom stereocenters. The molecule has 4 rings (SSSR count). The van der Waals surface area contributed by atoms with Crippen molar-refractivity contribution in [2.24, 2.45) is 0 Å². The molecule has 4 aromatic rings. The van der Waals surface area contributed by atoms with Gasteiger partial charge in [0.25, 0.3) is 0 Å². The topological polar surface area (TPSA) is 127 Å². The molecule has 0 bridgehead atoms. The maximum absolute atomic E-state index is 12.5. The molecule has 2 aromatic carbocycles. The standard InChI is InChI=1S/C28H32FN5O6S3/c29-6-7-37-8-9-38-10-11-39-23-3-1-2-20(12-23)18-42-19-22(16-35)30-27(36)15-34-14-21(32-33-34)17-40-24-4-5-25-26(13-24)43-28(41)31-25/h1-5,12-14,16,22H,6-11,15,17-19H2,(H,30,36)(H,31,41)/t22-/m0/s1. The molecular formula is C28H32FN5O6S3. The average molecular weight is 650 g/mol. The number of aromatic nitrogens is 4. The van der Waals surface area contributed by atoms with Crippen LogP contribution >= 0.6 is 35.7 Å². The van der Waals surface area contributed by atoms with E-state index in [9.17, 15) is 14.0 Å². The Morgan fingerprint density at radius 3 is 2.74 bits per heavy atom. The molecule has 11 nitrogen and oxygen atoms in total. The number of hydrogen-bond acceptors (Lipinski definition) is 12. The van der Waals surface area contributed by atoms with Crippen LogP contribution in [-0.4, -0.2) is 83.7 Å². The zero-order chi connectivity index (χ0) is 30.3. The summed E-state index contributed by atoms with van der Waals surface area (Å²) >= 11 is 7.27. The molecule has 0 radical (unpaired) electrons. The van der Waals surface area contributed by atoms with Crippen molar-refractivity contribution in [3.05, 3.63) is 59.9 Å². The van der Waals surface area contributed by atoms with E-state index in [1.54, 1.807) is 6.20 Å². The van der Waals surface area contributed by atoms with Crippen molar-refractivity contribution < 1.29 is 32.9 Å². The number of thioether (sulfide) groups is 1. The van der Waals surface area contributed by atoms with Crippen molar-refractivity contribution in [2.45, 2.75) is 29.3 Å². The van der Waals surface area contributed by atoms with Gasteiger partial charge in [-0.05, 0) is 35.9 Å². The van der Waals surface area contributed by atoms with Gasteiger partial charge < -0.3 is 29.1 Å². The summed E-state index contributed by atoms with van der Waals surface area (Å²) in [5.74, 6) is 2.08. The van der Waals surface area contributed by atoms with Crippen LogP contribution in [0.15, 0.2) is 53.0 Å². The summed E-state index contributed by atoms with van der Waals surface area (Å²) in [5.41, 5.74) is 2.45. The van der Waals surface area contributed by atoms with Gasteiger partial charge >= 0.3 is 0 Å². The van der Waals surface area contributed by atoms with Crippen LogP contribution in [0.3, 0.4) is 0 Å². The molecule has 43 heavy (non-hydrogen) atoms. The molecule has 15 heteroatoms. The third-order valence-corrected chi connectivity index (χ3v) is 8.02. The van der Waals surface area contributed by atoms with Gasteiger partial charge in [0.15, 0.2) is 0 Å². The zero-order valence-corrected chi connectivity index (χ0v) is 25.8. The van der Waals surface area contributed by atoms with E-state index in [2.05, 4.69) is 33.2 Å². The second kappa shape index (κ2) is 17.8. The maximum atomic E-state index is 12.5. The largest absolute Gasteiger partial charge is 0.491 e. The van der Waals surface area contributed by atoms with Gasteiger partial charge in [0.05, 0.1) is 48.9 Å². The van der Waals surface area contributed by atoms with E-state index in [1.165, 1.54) is 27.8 Å². The molecule has 0 aliphatic carbocycles. The summed E-state index contributed by atoms with van der Waals surface area (Å²) in [6, 6.07) is 12.6. The molecule has 230 valence electrons. The lowest BCUT2D eigenvalue weighted by Crippen LogP contribution is -2.39. The fourth-order valence-corrected chi connectivity index (χ4v) is 5.85. The minimum Gasteiger partial charge on any atom is -0.491 e. The molecule has 0 spiro atoms. The van der Waals surface area contributed by atoms with Gasteiger partial charge in [0, 0.05) is 11.5 Å². The molecule has 0 aliphatic heterocycles. The third-order valence-electron chi connectivity index (χ3n) is 5.69. The summed E-state index contributed by atoms with van der Waals surface area (Å²) in [7, 11) is 0. The smallest absolute Gasteiger partial charge is 0.242 e. The number of ether oxygens (including phenoxy) is 4. The van der Waals surface area contributed by atoms with Crippen LogP contribution in [0.2, 0.25) is 0 Å². The SMILES string of the molecule is O=C[C@@H](CSCc1cccc(OCCOCCOCCF)c1)NC(=O)Cn1cc(COc2ccc3nc(S)sc3c2)nn1. The summed E-state index contributed by atoms with van der Waals surface area (Å²) < 4.78 is 36.9. The van der Waals surface area contributed by atoms with E-state index in [-0.39, 0.29) is 25.7 Å². The normalized spacial score (nSPS) is 11.9. The Morgan fingerprint density at radius 2 is 1.91 bits per heavy atom. The Kier molecular flexibility index (Phi) is 13.5. The minimum absolute atomic E-state index is 0.0761. The van der Waals surface area contributed by atoms with E-state index in [4.69, 9.17) is 18.9 Å². The third kappa shape index (κ3) is 11.4. The van der Waals surface area contributed by atoms with Crippen molar-refractivity contribution in [2.75, 3.05) is 45.5 Å². The predicted molar refractivity (Wildman–Crippen MR) is 165 cm³/mol. The lowest BCUT2D eigenvalue weighted by Gasteiger charge is -2.13. The fourth-order valence-electron chi connectivity index (χ4n) is 3.76. The first-order valence-electron chi connectivity index (χ1n) is 13.4. The predicted octanol–water partition coefficient (Wildman–Crippen LogP) is 3.75. The molecule has 0 saturated carbocycles. The van der Waals surface area contributed by atoms with E-state index in [0.29, 0.717) is 59.5 Å². The zero-order valence-electron chi connectivity index (χ0n) is 23.2. The number of halogens is 1. The first kappa shape index (κ1) is 32.7. The number of thiazole rings is 1. The summed E-state index contributed by atoms with van der Waals surface area (Å²) in [4.78, 5) is 28.4. The molecule has 1 N–H and O–H groups in total. The van der Waals surface area contributed by atoms with E-state index in [1.807, 2.05) is 42.5 Å². The maximum Gasteiger partial charge on any atom is 0.242 e. The van der Waals surface area contributed by atoms with Gasteiger partial charge in [-0.2, -0.15) is 11.8 Å². The van der Waals surface area contributed by atoms with E-state index in [0.717, 1.165) is 22.1 Å². The molecule has 0 fully saturated rings. The summed E-state index contributed by atoms with van der Waals surface area (Å²) in [5, 5.41) is 10.8. The number of amides is 1. The number of rotatable bonds is 20. The molecular weight excluding hydrogens is 618 g/mol. The van der Waals surface area contributed by atoms with Crippen molar-refractivity contribution in [1.82, 2.24) is 25.3 Å². The number of nitrogens with zero attached hydrogens (tertiary/aromatic N) is 4. The molecule has 0 saturated heterocycles. The number of aldehydes is 1. The molecule has 1 amide bonds. The van der Waals surface area contributed by atoms with Gasteiger partial charge in [-0.1, -0.05) is 17.3 Å².